The van der Waals surface area contributed by atoms with E-state index in [2.05, 4.69) is 9.80 Å². The van der Waals surface area contributed by atoms with Gasteiger partial charge in [-0.2, -0.15) is 0 Å². The van der Waals surface area contributed by atoms with Gasteiger partial charge >= 0.3 is 0 Å². The van der Waals surface area contributed by atoms with E-state index in [0.29, 0.717) is 0 Å². The number of anilines is 2. The van der Waals surface area contributed by atoms with Crippen molar-refractivity contribution in [2.45, 2.75) is 75.5 Å². The van der Waals surface area contributed by atoms with E-state index in [1.54, 1.807) is 0 Å². The Kier molecular flexibility index (Phi) is 4.71. The lowest BCUT2D eigenvalue weighted by atomic mass is 9.90. The summed E-state index contributed by atoms with van der Waals surface area (Å²) in [5.74, 6) is 1.99. The molecule has 0 radical (unpaired) electrons. The maximum absolute atomic E-state index is 5.17. The number of nitrogens with zero attached hydrogens (tertiary/aromatic N) is 8. The van der Waals surface area contributed by atoms with Crippen molar-refractivity contribution < 1.29 is 0 Å². The van der Waals surface area contributed by atoms with E-state index < -0.39 is 0 Å². The fourth-order valence-corrected chi connectivity index (χ4v) is 6.45. The van der Waals surface area contributed by atoms with Gasteiger partial charge in [-0.15, -0.1) is 0 Å². The summed E-state index contributed by atoms with van der Waals surface area (Å²) in [4.78, 5) is 34.8. The van der Waals surface area contributed by atoms with Crippen molar-refractivity contribution in [2.24, 2.45) is 20.0 Å². The predicted molar refractivity (Wildman–Crippen MR) is 129 cm³/mol. The second-order valence-corrected chi connectivity index (χ2v) is 10.5. The maximum Gasteiger partial charge on any atom is 0.156 e. The lowest BCUT2D eigenvalue weighted by Gasteiger charge is -2.36. The number of hydrogen-bond acceptors (Lipinski definition) is 8. The summed E-state index contributed by atoms with van der Waals surface area (Å²) in [6.07, 6.45) is 15.5. The standard InChI is InChI=1S/C26H32N8/c1-3-9-25(10-4-1)29-19-7-13-27-23(21(19)31-25)33-15-17-34(18-16-33)24-22-20(8-14-28-24)30-26(32-22)11-5-2-6-12-26/h7-8,13-14H,1-6,9-12,15-18H2. The number of fused-ring (bicyclic) bond motifs is 2. The molecule has 2 aliphatic carbocycles. The first-order valence-corrected chi connectivity index (χ1v) is 13.1. The third kappa shape index (κ3) is 3.33. The van der Waals surface area contributed by atoms with Gasteiger partial charge in [0.2, 0.25) is 0 Å². The zero-order valence-corrected chi connectivity index (χ0v) is 19.8. The van der Waals surface area contributed by atoms with Gasteiger partial charge in [0.1, 0.15) is 10.7 Å². The molecule has 0 atom stereocenters. The molecule has 2 aromatic rings. The minimum absolute atomic E-state index is 0.227. The van der Waals surface area contributed by atoms with Gasteiger partial charge in [-0.1, -0.05) is 12.8 Å². The van der Waals surface area contributed by atoms with Crippen LogP contribution in [-0.2, 0) is 0 Å². The van der Waals surface area contributed by atoms with Gasteiger partial charge in [0.05, 0.1) is 10.7 Å². The lowest BCUT2D eigenvalue weighted by molar-refractivity contribution is 0.308. The highest BCUT2D eigenvalue weighted by atomic mass is 15.3. The van der Waals surface area contributed by atoms with Crippen molar-refractivity contribution in [3.05, 3.63) is 46.0 Å². The highest BCUT2D eigenvalue weighted by molar-refractivity contribution is 5.45. The van der Waals surface area contributed by atoms with Crippen LogP contribution in [0.25, 0.3) is 0 Å². The molecule has 34 heavy (non-hydrogen) atoms. The largest absolute Gasteiger partial charge is 0.351 e. The summed E-state index contributed by atoms with van der Waals surface area (Å²) < 4.78 is 0. The van der Waals surface area contributed by atoms with E-state index in [0.717, 1.165) is 84.9 Å². The third-order valence-corrected chi connectivity index (χ3v) is 8.25. The molecule has 0 N–H and O–H groups in total. The Balaban J connectivity index is 1.15. The van der Waals surface area contributed by atoms with Gasteiger partial charge in [0.15, 0.2) is 23.0 Å². The molecule has 0 aromatic carbocycles. The summed E-state index contributed by atoms with van der Waals surface area (Å²) in [5, 5.41) is 4.05. The molecule has 7 rings (SSSR count). The molecule has 1 saturated heterocycles. The Morgan fingerprint density at radius 1 is 0.529 bits per heavy atom. The van der Waals surface area contributed by atoms with Crippen LogP contribution in [0.15, 0.2) is 44.5 Å². The molecule has 8 heteroatoms. The number of piperazine rings is 1. The van der Waals surface area contributed by atoms with Crippen molar-refractivity contribution in [3.63, 3.8) is 0 Å². The van der Waals surface area contributed by atoms with Crippen molar-refractivity contribution in [1.82, 2.24) is 9.97 Å². The second kappa shape index (κ2) is 7.82. The molecule has 8 nitrogen and oxygen atoms in total. The van der Waals surface area contributed by atoms with Crippen LogP contribution in [0.4, 0.5) is 11.6 Å². The molecule has 5 heterocycles. The fourth-order valence-electron chi connectivity index (χ4n) is 6.45. The quantitative estimate of drug-likeness (QED) is 0.688. The van der Waals surface area contributed by atoms with Crippen LogP contribution in [0.3, 0.4) is 0 Å². The SMILES string of the molecule is c1cc2c(c(N3CCN(c4nccc5c4=NC4(CCCCC4)N=5)CC3)n1)=NC1(CCCCC1)N=2. The van der Waals surface area contributed by atoms with Crippen LogP contribution < -0.4 is 31.2 Å². The van der Waals surface area contributed by atoms with Gasteiger partial charge in [-0.25, -0.2) is 20.0 Å². The molecule has 0 unspecified atom stereocenters. The number of aromatic nitrogens is 2. The summed E-state index contributed by atoms with van der Waals surface area (Å²) >= 11 is 0. The first-order valence-electron chi connectivity index (χ1n) is 13.1. The Labute approximate surface area is 199 Å². The molecule has 176 valence electrons. The van der Waals surface area contributed by atoms with Crippen molar-refractivity contribution in [3.8, 4) is 0 Å². The van der Waals surface area contributed by atoms with Crippen LogP contribution in [0, 0.1) is 0 Å². The third-order valence-electron chi connectivity index (χ3n) is 8.25. The van der Waals surface area contributed by atoms with Gasteiger partial charge in [0.25, 0.3) is 0 Å². The van der Waals surface area contributed by atoms with E-state index in [-0.39, 0.29) is 11.3 Å². The summed E-state index contributed by atoms with van der Waals surface area (Å²) in [6, 6.07) is 4.07. The maximum atomic E-state index is 5.17. The molecule has 2 aromatic heterocycles. The van der Waals surface area contributed by atoms with Gasteiger partial charge < -0.3 is 9.80 Å². The Morgan fingerprint density at radius 2 is 0.941 bits per heavy atom. The van der Waals surface area contributed by atoms with Gasteiger partial charge in [-0.05, 0) is 63.5 Å². The summed E-state index contributed by atoms with van der Waals surface area (Å²) in [7, 11) is 0. The van der Waals surface area contributed by atoms with E-state index in [1.807, 2.05) is 24.5 Å². The predicted octanol–water partition coefficient (Wildman–Crippen LogP) is 1.63. The number of pyridine rings is 2. The molecular weight excluding hydrogens is 424 g/mol. The first kappa shape index (κ1) is 20.5. The van der Waals surface area contributed by atoms with E-state index in [1.165, 1.54) is 38.5 Å². The normalized spacial score (nSPS) is 24.1. The molecule has 3 fully saturated rings. The van der Waals surface area contributed by atoms with Crippen LogP contribution in [0.1, 0.15) is 64.2 Å². The minimum Gasteiger partial charge on any atom is -0.351 e. The van der Waals surface area contributed by atoms with Crippen molar-refractivity contribution >= 4 is 11.6 Å². The van der Waals surface area contributed by atoms with Crippen LogP contribution in [0.2, 0.25) is 0 Å². The summed E-state index contributed by atoms with van der Waals surface area (Å²) in [6.45, 7) is 3.55. The average Bonchev–Trinajstić information content (AvgIpc) is 3.42. The Bertz CT molecular complexity index is 1240. The monoisotopic (exact) mass is 456 g/mol. The van der Waals surface area contributed by atoms with Crippen molar-refractivity contribution in [1.29, 1.82) is 0 Å². The zero-order chi connectivity index (χ0) is 22.6. The minimum atomic E-state index is -0.227. The molecular formula is C26H32N8. The molecule has 3 aliphatic heterocycles. The fraction of sp³-hybridized carbons (Fsp3) is 0.615. The average molecular weight is 457 g/mol. The first-order chi connectivity index (χ1) is 16.7. The van der Waals surface area contributed by atoms with E-state index in [4.69, 9.17) is 29.9 Å². The topological polar surface area (TPSA) is 81.7 Å². The lowest BCUT2D eigenvalue weighted by Crippen LogP contribution is -2.51. The molecule has 5 aliphatic rings. The number of hydrogen-bond donors (Lipinski definition) is 0. The Hall–Kier alpha value is -2.90. The smallest absolute Gasteiger partial charge is 0.156 e. The van der Waals surface area contributed by atoms with Crippen LogP contribution in [0.5, 0.6) is 0 Å². The Morgan fingerprint density at radius 3 is 1.35 bits per heavy atom. The highest BCUT2D eigenvalue weighted by Crippen LogP contribution is 2.34. The molecule has 0 amide bonds. The van der Waals surface area contributed by atoms with E-state index in [9.17, 15) is 0 Å². The van der Waals surface area contributed by atoms with E-state index >= 15 is 0 Å². The highest BCUT2D eigenvalue weighted by Gasteiger charge is 2.36. The van der Waals surface area contributed by atoms with Gasteiger partial charge in [0, 0.05) is 38.6 Å². The van der Waals surface area contributed by atoms with Gasteiger partial charge in [-0.3, -0.25) is 9.98 Å². The van der Waals surface area contributed by atoms with Crippen molar-refractivity contribution in [2.75, 3.05) is 36.0 Å². The molecule has 0 bridgehead atoms. The molecule has 2 spiro atoms. The number of rotatable bonds is 2. The molecule has 2 saturated carbocycles. The van der Waals surface area contributed by atoms with Crippen LogP contribution in [-0.4, -0.2) is 47.5 Å². The second-order valence-electron chi connectivity index (χ2n) is 10.5. The van der Waals surface area contributed by atoms with Crippen LogP contribution >= 0.6 is 0 Å². The zero-order valence-electron chi connectivity index (χ0n) is 19.8. The summed E-state index contributed by atoms with van der Waals surface area (Å²) in [5.41, 5.74) is -0.455.